The van der Waals surface area contributed by atoms with Crippen LogP contribution >= 0.6 is 0 Å². The second kappa shape index (κ2) is 7.54. The molecule has 2 aromatic rings. The van der Waals surface area contributed by atoms with Crippen LogP contribution in [0.3, 0.4) is 0 Å². The molecule has 1 aromatic carbocycles. The Kier molecular flexibility index (Phi) is 5.45. The first-order valence-corrected chi connectivity index (χ1v) is 7.06. The topological polar surface area (TPSA) is 63.1 Å². The molecule has 0 spiro atoms. The molecule has 112 valence electrons. The Balaban J connectivity index is 1.87. The summed E-state index contributed by atoms with van der Waals surface area (Å²) in [7, 11) is 1.80. The lowest BCUT2D eigenvalue weighted by Crippen LogP contribution is -2.30. The van der Waals surface area contributed by atoms with Gasteiger partial charge in [-0.15, -0.1) is 5.10 Å². The Hall–Kier alpha value is -2.21. The van der Waals surface area contributed by atoms with Crippen molar-refractivity contribution in [1.29, 1.82) is 0 Å². The molecular weight excluding hydrogens is 266 g/mol. The second-order valence-electron chi connectivity index (χ2n) is 4.92. The Bertz CT molecular complexity index is 566. The van der Waals surface area contributed by atoms with E-state index in [1.807, 2.05) is 37.3 Å². The van der Waals surface area contributed by atoms with Crippen LogP contribution in [-0.2, 0) is 24.4 Å². The van der Waals surface area contributed by atoms with E-state index in [0.29, 0.717) is 13.1 Å². The maximum atomic E-state index is 12.2. The zero-order valence-corrected chi connectivity index (χ0v) is 12.5. The number of nitrogens with zero attached hydrogens (tertiary/aromatic N) is 4. The molecule has 1 heterocycles. The maximum absolute atomic E-state index is 12.2. The molecule has 0 aliphatic heterocycles. The van der Waals surface area contributed by atoms with Crippen molar-refractivity contribution in [2.45, 2.75) is 26.6 Å². The van der Waals surface area contributed by atoms with Crippen molar-refractivity contribution in [3.05, 3.63) is 47.8 Å². The van der Waals surface area contributed by atoms with Crippen molar-refractivity contribution in [2.75, 3.05) is 13.6 Å². The maximum Gasteiger partial charge on any atom is 0.244 e. The van der Waals surface area contributed by atoms with Gasteiger partial charge in [0, 0.05) is 20.1 Å². The molecular formula is C15H21N5O. The Morgan fingerprint density at radius 3 is 2.81 bits per heavy atom. The Morgan fingerprint density at radius 1 is 1.33 bits per heavy atom. The summed E-state index contributed by atoms with van der Waals surface area (Å²) in [5.74, 6) is 0.0127. The van der Waals surface area contributed by atoms with Crippen LogP contribution in [0.2, 0.25) is 0 Å². The van der Waals surface area contributed by atoms with E-state index in [0.717, 1.165) is 17.8 Å². The van der Waals surface area contributed by atoms with E-state index in [2.05, 4.69) is 15.6 Å². The van der Waals surface area contributed by atoms with Crippen molar-refractivity contribution < 1.29 is 4.79 Å². The highest BCUT2D eigenvalue weighted by Crippen LogP contribution is 2.03. The molecule has 0 radical (unpaired) electrons. The molecule has 6 heteroatoms. The van der Waals surface area contributed by atoms with Crippen LogP contribution in [0.25, 0.3) is 0 Å². The lowest BCUT2D eigenvalue weighted by Gasteiger charge is -2.17. The predicted octanol–water partition coefficient (Wildman–Crippen LogP) is 1.05. The van der Waals surface area contributed by atoms with Crippen LogP contribution in [0.15, 0.2) is 36.5 Å². The summed E-state index contributed by atoms with van der Waals surface area (Å²) in [5.41, 5.74) is 1.95. The first kappa shape index (κ1) is 15.2. The number of likely N-dealkylation sites (N-methyl/N-ethyl adjacent to an activating group) is 1. The fraction of sp³-hybridized carbons (Fsp3) is 0.400. The first-order valence-electron chi connectivity index (χ1n) is 7.06. The SMILES string of the molecule is CCNCc1cn(CC(=O)N(C)Cc2ccccc2)nn1. The minimum Gasteiger partial charge on any atom is -0.340 e. The third-order valence-electron chi connectivity index (χ3n) is 3.13. The monoisotopic (exact) mass is 287 g/mol. The average molecular weight is 287 g/mol. The van der Waals surface area contributed by atoms with E-state index in [1.54, 1.807) is 22.8 Å². The highest BCUT2D eigenvalue weighted by molar-refractivity contribution is 5.75. The summed E-state index contributed by atoms with van der Waals surface area (Å²) >= 11 is 0. The van der Waals surface area contributed by atoms with Gasteiger partial charge in [-0.05, 0) is 12.1 Å². The molecule has 0 saturated carbocycles. The highest BCUT2D eigenvalue weighted by atomic mass is 16.2. The molecule has 6 nitrogen and oxygen atoms in total. The smallest absolute Gasteiger partial charge is 0.244 e. The summed E-state index contributed by atoms with van der Waals surface area (Å²) in [6, 6.07) is 9.92. The van der Waals surface area contributed by atoms with Crippen LogP contribution in [0.5, 0.6) is 0 Å². The van der Waals surface area contributed by atoms with Gasteiger partial charge in [0.25, 0.3) is 0 Å². The van der Waals surface area contributed by atoms with Gasteiger partial charge in [-0.2, -0.15) is 0 Å². The van der Waals surface area contributed by atoms with E-state index < -0.39 is 0 Å². The molecule has 1 N–H and O–H groups in total. The molecule has 0 fully saturated rings. The molecule has 1 amide bonds. The van der Waals surface area contributed by atoms with Gasteiger partial charge in [0.15, 0.2) is 0 Å². The minimum atomic E-state index is 0.0127. The molecule has 0 bridgehead atoms. The van der Waals surface area contributed by atoms with E-state index in [1.165, 1.54) is 0 Å². The van der Waals surface area contributed by atoms with Gasteiger partial charge in [-0.25, -0.2) is 4.68 Å². The first-order chi connectivity index (χ1) is 10.2. The second-order valence-corrected chi connectivity index (χ2v) is 4.92. The van der Waals surface area contributed by atoms with Crippen LogP contribution in [0, 0.1) is 0 Å². The van der Waals surface area contributed by atoms with Crippen molar-refractivity contribution in [1.82, 2.24) is 25.2 Å². The lowest BCUT2D eigenvalue weighted by atomic mass is 10.2. The number of carbonyl (C=O) groups excluding carboxylic acids is 1. The van der Waals surface area contributed by atoms with Crippen LogP contribution in [0.4, 0.5) is 0 Å². The van der Waals surface area contributed by atoms with Gasteiger partial charge in [0.05, 0.1) is 11.9 Å². The van der Waals surface area contributed by atoms with Gasteiger partial charge < -0.3 is 10.2 Å². The van der Waals surface area contributed by atoms with E-state index in [-0.39, 0.29) is 12.5 Å². The van der Waals surface area contributed by atoms with Crippen molar-refractivity contribution in [3.63, 3.8) is 0 Å². The fourth-order valence-corrected chi connectivity index (χ4v) is 1.95. The van der Waals surface area contributed by atoms with Crippen LogP contribution in [0.1, 0.15) is 18.2 Å². The van der Waals surface area contributed by atoms with Gasteiger partial charge >= 0.3 is 0 Å². The molecule has 0 aliphatic carbocycles. The molecule has 1 aromatic heterocycles. The van der Waals surface area contributed by atoms with Gasteiger partial charge in [0.1, 0.15) is 6.54 Å². The normalized spacial score (nSPS) is 10.6. The lowest BCUT2D eigenvalue weighted by molar-refractivity contribution is -0.131. The molecule has 0 unspecified atom stereocenters. The number of nitrogens with one attached hydrogen (secondary N) is 1. The molecule has 0 saturated heterocycles. The van der Waals surface area contributed by atoms with E-state index >= 15 is 0 Å². The molecule has 21 heavy (non-hydrogen) atoms. The highest BCUT2D eigenvalue weighted by Gasteiger charge is 2.11. The molecule has 2 rings (SSSR count). The summed E-state index contributed by atoms with van der Waals surface area (Å²) in [6.07, 6.45) is 1.80. The number of amides is 1. The van der Waals surface area contributed by atoms with Gasteiger partial charge in [-0.3, -0.25) is 4.79 Å². The van der Waals surface area contributed by atoms with Crippen molar-refractivity contribution in [2.24, 2.45) is 0 Å². The zero-order chi connectivity index (χ0) is 15.1. The molecule has 0 atom stereocenters. The number of hydrogen-bond donors (Lipinski definition) is 1. The number of carbonyl (C=O) groups is 1. The summed E-state index contributed by atoms with van der Waals surface area (Å²) in [5, 5.41) is 11.2. The fourth-order valence-electron chi connectivity index (χ4n) is 1.95. The largest absolute Gasteiger partial charge is 0.340 e. The number of benzene rings is 1. The van der Waals surface area contributed by atoms with E-state index in [4.69, 9.17) is 0 Å². The Morgan fingerprint density at radius 2 is 2.10 bits per heavy atom. The van der Waals surface area contributed by atoms with Crippen LogP contribution < -0.4 is 5.32 Å². The van der Waals surface area contributed by atoms with Crippen LogP contribution in [-0.4, -0.2) is 39.4 Å². The number of rotatable bonds is 7. The standard InChI is InChI=1S/C15H21N5O/c1-3-16-9-14-11-20(18-17-14)12-15(21)19(2)10-13-7-5-4-6-8-13/h4-8,11,16H,3,9-10,12H2,1-2H3. The summed E-state index contributed by atoms with van der Waals surface area (Å²) in [4.78, 5) is 13.9. The number of hydrogen-bond acceptors (Lipinski definition) is 4. The third kappa shape index (κ3) is 4.68. The predicted molar refractivity (Wildman–Crippen MR) is 80.3 cm³/mol. The Labute approximate surface area is 124 Å². The zero-order valence-electron chi connectivity index (χ0n) is 12.5. The minimum absolute atomic E-state index is 0.0127. The average Bonchev–Trinajstić information content (AvgIpc) is 2.93. The van der Waals surface area contributed by atoms with Crippen molar-refractivity contribution in [3.8, 4) is 0 Å². The number of aromatic nitrogens is 3. The van der Waals surface area contributed by atoms with Crippen molar-refractivity contribution >= 4 is 5.91 Å². The summed E-state index contributed by atoms with van der Waals surface area (Å²) < 4.78 is 1.58. The van der Waals surface area contributed by atoms with Gasteiger partial charge in [0.2, 0.25) is 5.91 Å². The quantitative estimate of drug-likeness (QED) is 0.826. The van der Waals surface area contributed by atoms with Gasteiger partial charge in [-0.1, -0.05) is 42.5 Å². The summed E-state index contributed by atoms with van der Waals surface area (Å²) in [6.45, 7) is 4.39. The molecule has 0 aliphatic rings. The van der Waals surface area contributed by atoms with E-state index in [9.17, 15) is 4.79 Å². The third-order valence-corrected chi connectivity index (χ3v) is 3.13.